The highest BCUT2D eigenvalue weighted by Gasteiger charge is 2.76. The summed E-state index contributed by atoms with van der Waals surface area (Å²) in [6, 6.07) is 7.41. The second kappa shape index (κ2) is 9.28. The summed E-state index contributed by atoms with van der Waals surface area (Å²) in [6.07, 6.45) is 3.26. The van der Waals surface area contributed by atoms with E-state index >= 15 is 0 Å². The highest BCUT2D eigenvalue weighted by Crippen LogP contribution is 2.66. The van der Waals surface area contributed by atoms with E-state index in [1.165, 1.54) is 24.5 Å². The summed E-state index contributed by atoms with van der Waals surface area (Å²) in [6.45, 7) is 8.76. The molecule has 1 aromatic carbocycles. The van der Waals surface area contributed by atoms with Crippen molar-refractivity contribution in [3.05, 3.63) is 64.0 Å². The molecule has 5 rings (SSSR count). The van der Waals surface area contributed by atoms with Crippen molar-refractivity contribution in [1.82, 2.24) is 9.80 Å². The van der Waals surface area contributed by atoms with Crippen molar-refractivity contribution in [2.24, 2.45) is 10.8 Å². The van der Waals surface area contributed by atoms with Crippen LogP contribution >= 0.6 is 0 Å². The van der Waals surface area contributed by atoms with Crippen LogP contribution in [0.1, 0.15) is 51.4 Å². The fraction of sp³-hybridized carbons (Fsp3) is 0.536. The van der Waals surface area contributed by atoms with Crippen LogP contribution in [0.5, 0.6) is 5.75 Å². The average Bonchev–Trinajstić information content (AvgIpc) is 3.04. The lowest BCUT2D eigenvalue weighted by atomic mass is 9.66. The first-order valence-electron chi connectivity index (χ1n) is 12.8. The van der Waals surface area contributed by atoms with Crippen molar-refractivity contribution >= 4 is 11.9 Å². The van der Waals surface area contributed by atoms with Crippen LogP contribution in [0, 0.1) is 16.6 Å². The first kappa shape index (κ1) is 25.4. The second-order valence-corrected chi connectivity index (χ2v) is 11.1. The Kier molecular flexibility index (Phi) is 6.38. The van der Waals surface area contributed by atoms with E-state index in [9.17, 15) is 18.8 Å². The molecule has 8 nitrogen and oxygen atoms in total. The van der Waals surface area contributed by atoms with Crippen LogP contribution in [-0.2, 0) is 27.5 Å². The smallest absolute Gasteiger partial charge is 0.313 e. The molecule has 2 atom stereocenters. The number of hydrogen-bond acceptors (Lipinski definition) is 7. The van der Waals surface area contributed by atoms with Gasteiger partial charge in [0.2, 0.25) is 11.2 Å². The first-order chi connectivity index (χ1) is 17.6. The lowest BCUT2D eigenvalue weighted by molar-refractivity contribution is -0.174. The van der Waals surface area contributed by atoms with Gasteiger partial charge in [-0.3, -0.25) is 19.3 Å². The fourth-order valence-electron chi connectivity index (χ4n) is 5.94. The largest absolute Gasteiger partial charge is 0.482 e. The number of esters is 1. The van der Waals surface area contributed by atoms with Crippen LogP contribution in [0.3, 0.4) is 0 Å². The molecule has 198 valence electrons. The van der Waals surface area contributed by atoms with E-state index in [0.717, 1.165) is 13.0 Å². The third-order valence-electron chi connectivity index (χ3n) is 8.82. The van der Waals surface area contributed by atoms with Crippen molar-refractivity contribution in [3.63, 3.8) is 0 Å². The van der Waals surface area contributed by atoms with E-state index in [2.05, 4.69) is 4.90 Å². The van der Waals surface area contributed by atoms with Gasteiger partial charge in [-0.1, -0.05) is 26.0 Å². The third kappa shape index (κ3) is 4.23. The molecule has 9 heteroatoms. The minimum atomic E-state index is -1.10. The van der Waals surface area contributed by atoms with Crippen LogP contribution in [0.2, 0.25) is 0 Å². The minimum absolute atomic E-state index is 0.0601. The van der Waals surface area contributed by atoms with Gasteiger partial charge in [0.05, 0.1) is 12.0 Å². The zero-order valence-electron chi connectivity index (χ0n) is 21.5. The Morgan fingerprint density at radius 3 is 2.57 bits per heavy atom. The lowest BCUT2D eigenvalue weighted by Crippen LogP contribution is -2.55. The molecule has 0 N–H and O–H groups in total. The Hall–Kier alpha value is -3.20. The van der Waals surface area contributed by atoms with Crippen LogP contribution < -0.4 is 10.2 Å². The molecule has 0 radical (unpaired) electrons. The van der Waals surface area contributed by atoms with E-state index in [1.807, 2.05) is 25.7 Å². The summed E-state index contributed by atoms with van der Waals surface area (Å²) in [4.78, 5) is 42.8. The zero-order chi connectivity index (χ0) is 26.4. The van der Waals surface area contributed by atoms with E-state index in [1.54, 1.807) is 12.1 Å². The van der Waals surface area contributed by atoms with Crippen LogP contribution in [0.15, 0.2) is 45.8 Å². The van der Waals surface area contributed by atoms with Crippen LogP contribution in [-0.4, -0.2) is 53.5 Å². The van der Waals surface area contributed by atoms with E-state index in [4.69, 9.17) is 13.9 Å². The number of carbonyl (C=O) groups is 2. The van der Waals surface area contributed by atoms with Gasteiger partial charge < -0.3 is 18.8 Å². The molecule has 2 aromatic rings. The zero-order valence-corrected chi connectivity index (χ0v) is 21.5. The quantitative estimate of drug-likeness (QED) is 0.547. The van der Waals surface area contributed by atoms with E-state index in [-0.39, 0.29) is 35.5 Å². The average molecular weight is 513 g/mol. The van der Waals surface area contributed by atoms with Gasteiger partial charge in [-0.25, -0.2) is 4.39 Å². The summed E-state index contributed by atoms with van der Waals surface area (Å²) >= 11 is 0. The Bertz CT molecular complexity index is 1280. The number of fused-ring (bicyclic) bond motifs is 2. The van der Waals surface area contributed by atoms with Crippen molar-refractivity contribution < 1.29 is 27.9 Å². The lowest BCUT2D eigenvalue weighted by Gasteiger charge is -2.38. The summed E-state index contributed by atoms with van der Waals surface area (Å²) < 4.78 is 30.3. The minimum Gasteiger partial charge on any atom is -0.482 e. The molecule has 1 saturated carbocycles. The molecule has 2 unspecified atom stereocenters. The van der Waals surface area contributed by atoms with Gasteiger partial charge in [0.15, 0.2) is 5.60 Å². The summed E-state index contributed by atoms with van der Waals surface area (Å²) in [5.41, 5.74) is -1.99. The Morgan fingerprint density at radius 1 is 1.08 bits per heavy atom. The molecule has 37 heavy (non-hydrogen) atoms. The molecule has 1 amide bonds. The molecule has 3 heterocycles. The van der Waals surface area contributed by atoms with E-state index < -0.39 is 16.4 Å². The molecule has 1 aromatic heterocycles. The molecule has 2 saturated heterocycles. The Morgan fingerprint density at radius 2 is 1.89 bits per heavy atom. The third-order valence-corrected chi connectivity index (χ3v) is 8.82. The molecule has 3 aliphatic rings. The molecular weight excluding hydrogens is 479 g/mol. The van der Waals surface area contributed by atoms with E-state index in [0.29, 0.717) is 50.3 Å². The number of rotatable bonds is 6. The van der Waals surface area contributed by atoms with Gasteiger partial charge in [-0.05, 0) is 43.9 Å². The molecular formula is C28H33FN2O6. The maximum absolute atomic E-state index is 13.7. The topological polar surface area (TPSA) is 89.3 Å². The first-order valence-corrected chi connectivity index (χ1v) is 12.8. The van der Waals surface area contributed by atoms with Crippen molar-refractivity contribution in [2.75, 3.05) is 26.2 Å². The second-order valence-electron chi connectivity index (χ2n) is 11.1. The number of nitrogens with zero attached hydrogens (tertiary/aromatic N) is 2. The van der Waals surface area contributed by atoms with Gasteiger partial charge in [0.1, 0.15) is 24.4 Å². The number of hydrogen-bond donors (Lipinski definition) is 0. The summed E-state index contributed by atoms with van der Waals surface area (Å²) in [5.74, 6) is -0.168. The number of carbonyl (C=O) groups excluding carboxylic acids is 2. The number of benzene rings is 1. The maximum atomic E-state index is 13.7. The molecule has 2 aliphatic heterocycles. The number of ether oxygens (including phenoxy) is 2. The monoisotopic (exact) mass is 512 g/mol. The standard InChI is InChI=1S/C28H33FN2O6/c1-26(2)27(3)8-9-28(26,37-25(27)34)24(33)31-11-5-10-30(12-13-31)16-21-15-22(32)23(18-35-21)36-17-19-6-4-7-20(29)14-19/h4,6-7,14-15,18H,5,8-13,16-17H2,1-3H3. The molecule has 3 fully saturated rings. The van der Waals surface area contributed by atoms with Crippen molar-refractivity contribution in [1.29, 1.82) is 0 Å². The Balaban J connectivity index is 1.19. The van der Waals surface area contributed by atoms with Gasteiger partial charge in [-0.15, -0.1) is 0 Å². The normalized spacial score (nSPS) is 27.1. The number of halogens is 1. The Labute approximate surface area is 215 Å². The summed E-state index contributed by atoms with van der Waals surface area (Å²) in [5, 5.41) is 0. The van der Waals surface area contributed by atoms with Crippen molar-refractivity contribution in [2.45, 2.75) is 58.8 Å². The van der Waals surface area contributed by atoms with Gasteiger partial charge in [0.25, 0.3) is 5.91 Å². The maximum Gasteiger partial charge on any atom is 0.313 e. The SMILES string of the molecule is CC12CCC(C(=O)N3CCCN(Cc4cc(=O)c(OCc5cccc(F)c5)co4)CC3)(OC1=O)C2(C)C. The molecule has 0 spiro atoms. The molecule has 1 aliphatic carbocycles. The van der Waals surface area contributed by atoms with Gasteiger partial charge in [0, 0.05) is 37.7 Å². The van der Waals surface area contributed by atoms with Gasteiger partial charge in [-0.2, -0.15) is 0 Å². The molecule has 2 bridgehead atoms. The highest BCUT2D eigenvalue weighted by atomic mass is 19.1. The predicted octanol–water partition coefficient (Wildman–Crippen LogP) is 3.51. The highest BCUT2D eigenvalue weighted by molar-refractivity contribution is 5.96. The van der Waals surface area contributed by atoms with Crippen molar-refractivity contribution in [3.8, 4) is 5.75 Å². The van der Waals surface area contributed by atoms with Crippen LogP contribution in [0.4, 0.5) is 4.39 Å². The fourth-order valence-corrected chi connectivity index (χ4v) is 5.94. The number of amides is 1. The van der Waals surface area contributed by atoms with Crippen LogP contribution in [0.25, 0.3) is 0 Å². The summed E-state index contributed by atoms with van der Waals surface area (Å²) in [7, 11) is 0. The predicted molar refractivity (Wildman–Crippen MR) is 132 cm³/mol. The van der Waals surface area contributed by atoms with Gasteiger partial charge >= 0.3 is 5.97 Å².